The second kappa shape index (κ2) is 6.70. The zero-order chi connectivity index (χ0) is 22.5. The van der Waals surface area contributed by atoms with Crippen LogP contribution in [0.4, 0.5) is 55.3 Å². The van der Waals surface area contributed by atoms with Gasteiger partial charge in [-0.15, -0.1) is 0 Å². The Bertz CT molecular complexity index is 846. The molecule has 0 aliphatic carbocycles. The molecule has 2 aromatic rings. The molecule has 0 heterocycles. The highest BCUT2D eigenvalue weighted by Gasteiger charge is 2.86. The van der Waals surface area contributed by atoms with Crippen LogP contribution in [-0.4, -0.2) is 23.9 Å². The van der Waals surface area contributed by atoms with Gasteiger partial charge >= 0.3 is 23.9 Å². The van der Waals surface area contributed by atoms with Crippen LogP contribution in [0.1, 0.15) is 11.1 Å². The molecule has 12 heteroatoms. The summed E-state index contributed by atoms with van der Waals surface area (Å²) in [6.45, 7) is 0. The lowest BCUT2D eigenvalue weighted by Crippen LogP contribution is -2.66. The first-order valence-corrected chi connectivity index (χ1v) is 7.61. The molecule has 29 heavy (non-hydrogen) atoms. The first kappa shape index (κ1) is 22.6. The average Bonchev–Trinajstić information content (AvgIpc) is 2.59. The molecular formula is C17H12F10N2. The molecule has 0 radical (unpaired) electrons. The maximum absolute atomic E-state index is 15.8. The van der Waals surface area contributed by atoms with Gasteiger partial charge in [0.25, 0.3) is 0 Å². The number of benzene rings is 2. The van der Waals surface area contributed by atoms with Crippen LogP contribution in [-0.2, 0) is 5.67 Å². The van der Waals surface area contributed by atoms with E-state index < -0.39 is 52.1 Å². The van der Waals surface area contributed by atoms with Crippen molar-refractivity contribution in [2.24, 2.45) is 0 Å². The molecular weight excluding hydrogens is 422 g/mol. The zero-order valence-electron chi connectivity index (χ0n) is 14.1. The van der Waals surface area contributed by atoms with Crippen LogP contribution < -0.4 is 11.5 Å². The zero-order valence-corrected chi connectivity index (χ0v) is 14.1. The van der Waals surface area contributed by atoms with E-state index in [0.29, 0.717) is 24.3 Å². The average molecular weight is 434 g/mol. The van der Waals surface area contributed by atoms with E-state index in [1.54, 1.807) is 0 Å². The van der Waals surface area contributed by atoms with Crippen LogP contribution in [0.5, 0.6) is 0 Å². The Morgan fingerprint density at radius 2 is 0.897 bits per heavy atom. The summed E-state index contributed by atoms with van der Waals surface area (Å²) in [4.78, 5) is 0. The Kier molecular flexibility index (Phi) is 5.23. The summed E-state index contributed by atoms with van der Waals surface area (Å²) >= 11 is 0. The molecule has 0 saturated heterocycles. The van der Waals surface area contributed by atoms with Crippen LogP contribution >= 0.6 is 0 Å². The molecule has 0 unspecified atom stereocenters. The van der Waals surface area contributed by atoms with Crippen molar-refractivity contribution >= 4 is 11.4 Å². The van der Waals surface area contributed by atoms with Gasteiger partial charge in [-0.3, -0.25) is 0 Å². The molecule has 160 valence electrons. The van der Waals surface area contributed by atoms with Gasteiger partial charge in [-0.05, 0) is 24.3 Å². The van der Waals surface area contributed by atoms with E-state index in [1.807, 2.05) is 0 Å². The summed E-state index contributed by atoms with van der Waals surface area (Å²) < 4.78 is 137. The summed E-state index contributed by atoms with van der Waals surface area (Å²) in [6, 6.07) is 5.55. The summed E-state index contributed by atoms with van der Waals surface area (Å²) in [5.74, 6) is -21.1. The largest absolute Gasteiger partial charge is 0.460 e. The van der Waals surface area contributed by atoms with Crippen molar-refractivity contribution in [3.05, 3.63) is 59.7 Å². The van der Waals surface area contributed by atoms with Gasteiger partial charge in [-0.2, -0.15) is 39.5 Å². The maximum atomic E-state index is 15.8. The summed E-state index contributed by atoms with van der Waals surface area (Å²) in [5, 5.41) is 0. The highest BCUT2D eigenvalue weighted by molar-refractivity contribution is 5.51. The third-order valence-electron chi connectivity index (χ3n) is 4.15. The van der Waals surface area contributed by atoms with Crippen molar-refractivity contribution in [2.45, 2.75) is 29.6 Å². The van der Waals surface area contributed by atoms with E-state index in [9.17, 15) is 39.5 Å². The van der Waals surface area contributed by atoms with Gasteiger partial charge in [-0.1, -0.05) is 24.3 Å². The van der Waals surface area contributed by atoms with Crippen LogP contribution in [0.3, 0.4) is 0 Å². The Morgan fingerprint density at radius 1 is 0.517 bits per heavy atom. The number of hydrogen-bond donors (Lipinski definition) is 2. The quantitative estimate of drug-likeness (QED) is 0.480. The third-order valence-corrected chi connectivity index (χ3v) is 4.15. The fourth-order valence-electron chi connectivity index (χ4n) is 2.63. The number of anilines is 2. The Balaban J connectivity index is 2.87. The van der Waals surface area contributed by atoms with E-state index in [2.05, 4.69) is 0 Å². The van der Waals surface area contributed by atoms with Crippen molar-refractivity contribution in [1.82, 2.24) is 0 Å². The van der Waals surface area contributed by atoms with Gasteiger partial charge in [0, 0.05) is 22.5 Å². The van der Waals surface area contributed by atoms with Crippen molar-refractivity contribution in [3.63, 3.8) is 0 Å². The molecule has 2 rings (SSSR count). The monoisotopic (exact) mass is 434 g/mol. The topological polar surface area (TPSA) is 52.0 Å². The number of halogens is 10. The standard InChI is InChI=1S/C17H12F10N2/c18-13(9-3-1-5-11(28)7-9,10-4-2-6-12(29)8-10)14(19,20)15(21,22)16(23,24)17(25,26)27/h1-8H,28-29H2. The molecule has 0 amide bonds. The molecule has 4 N–H and O–H groups in total. The lowest BCUT2D eigenvalue weighted by molar-refractivity contribution is -0.410. The van der Waals surface area contributed by atoms with Crippen LogP contribution in [0.25, 0.3) is 0 Å². The third kappa shape index (κ3) is 3.23. The Morgan fingerprint density at radius 3 is 1.21 bits per heavy atom. The number of rotatable bonds is 5. The van der Waals surface area contributed by atoms with Crippen LogP contribution in [0, 0.1) is 0 Å². The van der Waals surface area contributed by atoms with Gasteiger partial charge in [0.05, 0.1) is 0 Å². The molecule has 0 bridgehead atoms. The van der Waals surface area contributed by atoms with Gasteiger partial charge in [0.2, 0.25) is 5.67 Å². The second-order valence-corrected chi connectivity index (χ2v) is 6.13. The van der Waals surface area contributed by atoms with Crippen LogP contribution in [0.2, 0.25) is 0 Å². The summed E-state index contributed by atoms with van der Waals surface area (Å²) in [5.41, 5.74) is 2.18. The van der Waals surface area contributed by atoms with Crippen molar-refractivity contribution in [2.75, 3.05) is 11.5 Å². The predicted molar refractivity (Wildman–Crippen MR) is 84.5 cm³/mol. The number of nitrogens with two attached hydrogens (primary N) is 2. The van der Waals surface area contributed by atoms with E-state index in [-0.39, 0.29) is 0 Å². The molecule has 0 spiro atoms. The predicted octanol–water partition coefficient (Wildman–Crippen LogP) is 5.53. The molecule has 2 nitrogen and oxygen atoms in total. The van der Waals surface area contributed by atoms with E-state index in [1.165, 1.54) is 0 Å². The highest BCUT2D eigenvalue weighted by Crippen LogP contribution is 2.61. The van der Waals surface area contributed by atoms with Crippen molar-refractivity contribution in [1.29, 1.82) is 0 Å². The molecule has 0 saturated carbocycles. The van der Waals surface area contributed by atoms with E-state index in [4.69, 9.17) is 11.5 Å². The lowest BCUT2D eigenvalue weighted by atomic mass is 9.78. The van der Waals surface area contributed by atoms with Gasteiger partial charge in [0.1, 0.15) is 0 Å². The fourth-order valence-corrected chi connectivity index (χ4v) is 2.63. The van der Waals surface area contributed by atoms with Gasteiger partial charge < -0.3 is 11.5 Å². The van der Waals surface area contributed by atoms with Gasteiger partial charge in [-0.25, -0.2) is 4.39 Å². The maximum Gasteiger partial charge on any atom is 0.460 e. The van der Waals surface area contributed by atoms with Crippen molar-refractivity contribution in [3.8, 4) is 0 Å². The molecule has 0 aliphatic heterocycles. The first-order valence-electron chi connectivity index (χ1n) is 7.61. The number of alkyl halides is 10. The molecule has 2 aromatic carbocycles. The fraction of sp³-hybridized carbons (Fsp3) is 0.294. The summed E-state index contributed by atoms with van der Waals surface area (Å²) in [7, 11) is 0. The summed E-state index contributed by atoms with van der Waals surface area (Å²) in [6.07, 6.45) is -7.09. The normalized spacial score (nSPS) is 14.1. The van der Waals surface area contributed by atoms with Crippen LogP contribution in [0.15, 0.2) is 48.5 Å². The van der Waals surface area contributed by atoms with E-state index in [0.717, 1.165) is 24.3 Å². The smallest absolute Gasteiger partial charge is 0.399 e. The highest BCUT2D eigenvalue weighted by atomic mass is 19.4. The Labute approximate surface area is 157 Å². The Hall–Kier alpha value is -2.66. The lowest BCUT2D eigenvalue weighted by Gasteiger charge is -2.41. The van der Waals surface area contributed by atoms with E-state index >= 15 is 4.39 Å². The molecule has 0 fully saturated rings. The number of hydrogen-bond acceptors (Lipinski definition) is 2. The minimum atomic E-state index is -7.26. The molecule has 0 aliphatic rings. The van der Waals surface area contributed by atoms with Gasteiger partial charge in [0.15, 0.2) is 0 Å². The van der Waals surface area contributed by atoms with Crippen molar-refractivity contribution < 1.29 is 43.9 Å². The second-order valence-electron chi connectivity index (χ2n) is 6.13. The minimum absolute atomic E-state index is 0.416. The molecule has 0 aromatic heterocycles. The minimum Gasteiger partial charge on any atom is -0.399 e. The first-order chi connectivity index (χ1) is 13.0. The SMILES string of the molecule is Nc1cccc(C(F)(c2cccc(N)c2)C(F)(F)C(F)(F)C(F)(F)C(F)(F)F)c1. The molecule has 0 atom stereocenters. The number of nitrogen functional groups attached to an aromatic ring is 2.